The molecule has 0 bridgehead atoms. The molecule has 1 atom stereocenters. The van der Waals surface area contributed by atoms with Crippen molar-refractivity contribution < 1.29 is 19.1 Å². The number of rotatable bonds is 5. The van der Waals surface area contributed by atoms with Crippen LogP contribution in [0, 0.1) is 6.92 Å². The van der Waals surface area contributed by atoms with Crippen molar-refractivity contribution in [2.75, 3.05) is 16.8 Å². The summed E-state index contributed by atoms with van der Waals surface area (Å²) in [5, 5.41) is 9.33. The van der Waals surface area contributed by atoms with Crippen LogP contribution in [0.5, 0.6) is 11.5 Å². The van der Waals surface area contributed by atoms with Crippen LogP contribution in [0.25, 0.3) is 10.2 Å². The number of hydrogen-bond donors (Lipinski definition) is 3. The lowest BCUT2D eigenvalue weighted by atomic mass is 10.1. The Bertz CT molecular complexity index is 1550. The second-order valence-electron chi connectivity index (χ2n) is 8.96. The number of aromatic nitrogens is 1. The monoisotopic (exact) mass is 513 g/mol. The molecule has 2 aromatic carbocycles. The second-order valence-corrected chi connectivity index (χ2v) is 9.96. The molecule has 3 N–H and O–H groups in total. The first-order valence-electron chi connectivity index (χ1n) is 11.9. The lowest BCUT2D eigenvalue weighted by molar-refractivity contribution is -0.122. The minimum Gasteiger partial charge on any atom is -0.457 e. The number of nitrogens with zero attached hydrogens (tertiary/aromatic N) is 2. The van der Waals surface area contributed by atoms with Crippen LogP contribution in [-0.2, 0) is 4.79 Å². The molecule has 4 heterocycles. The van der Waals surface area contributed by atoms with Crippen molar-refractivity contribution in [3.63, 3.8) is 0 Å². The molecule has 0 spiro atoms. The first-order valence-corrected chi connectivity index (χ1v) is 12.7. The highest BCUT2D eigenvalue weighted by Crippen LogP contribution is 2.46. The Hall–Kier alpha value is -4.44. The van der Waals surface area contributed by atoms with Gasteiger partial charge in [-0.2, -0.15) is 0 Å². The summed E-state index contributed by atoms with van der Waals surface area (Å²) in [6.07, 6.45) is 2.53. The van der Waals surface area contributed by atoms with Crippen LogP contribution in [0.15, 0.2) is 60.8 Å². The fourth-order valence-corrected chi connectivity index (χ4v) is 5.73. The molecule has 4 aromatic rings. The molecule has 0 saturated carbocycles. The van der Waals surface area contributed by atoms with Gasteiger partial charge in [0.2, 0.25) is 5.91 Å². The average Bonchev–Trinajstić information content (AvgIpc) is 3.25. The highest BCUT2D eigenvalue weighted by Gasteiger charge is 2.34. The summed E-state index contributed by atoms with van der Waals surface area (Å²) >= 11 is 1.22. The fourth-order valence-electron chi connectivity index (χ4n) is 4.71. The Kier molecular flexibility index (Phi) is 5.72. The molecule has 9 nitrogen and oxygen atoms in total. The number of nitrogens with one attached hydrogen (secondary N) is 3. The molecular weight excluding hydrogens is 490 g/mol. The number of hydrogen-bond acceptors (Lipinski definition) is 6. The summed E-state index contributed by atoms with van der Waals surface area (Å²) in [4.78, 5) is 45.4. The number of piperidine rings is 1. The van der Waals surface area contributed by atoms with Gasteiger partial charge in [-0.05, 0) is 55.3 Å². The van der Waals surface area contributed by atoms with Gasteiger partial charge in [-0.1, -0.05) is 18.2 Å². The zero-order valence-electron chi connectivity index (χ0n) is 19.9. The van der Waals surface area contributed by atoms with E-state index in [2.05, 4.69) is 20.9 Å². The van der Waals surface area contributed by atoms with Gasteiger partial charge in [0.15, 0.2) is 0 Å². The minimum absolute atomic E-state index is 0.0855. The van der Waals surface area contributed by atoms with E-state index in [1.54, 1.807) is 17.2 Å². The normalized spacial score (nSPS) is 16.8. The van der Waals surface area contributed by atoms with Gasteiger partial charge in [0.1, 0.15) is 21.2 Å². The summed E-state index contributed by atoms with van der Waals surface area (Å²) in [5.41, 5.74) is 2.64. The smallest absolute Gasteiger partial charge is 0.331 e. The quantitative estimate of drug-likeness (QED) is 0.344. The molecule has 2 aliphatic rings. The molecular formula is C27H23N5O4S. The van der Waals surface area contributed by atoms with Gasteiger partial charge in [-0.15, -0.1) is 11.3 Å². The van der Waals surface area contributed by atoms with Crippen molar-refractivity contribution in [3.05, 3.63) is 71.2 Å². The van der Waals surface area contributed by atoms with E-state index in [0.717, 1.165) is 11.3 Å². The van der Waals surface area contributed by atoms with Gasteiger partial charge < -0.3 is 20.7 Å². The molecule has 0 aliphatic carbocycles. The Balaban J connectivity index is 1.33. The Morgan fingerprint density at radius 3 is 2.73 bits per heavy atom. The van der Waals surface area contributed by atoms with Crippen molar-refractivity contribution in [1.82, 2.24) is 15.6 Å². The van der Waals surface area contributed by atoms with E-state index in [0.29, 0.717) is 50.9 Å². The number of para-hydroxylation sites is 1. The third-order valence-electron chi connectivity index (χ3n) is 6.42. The summed E-state index contributed by atoms with van der Waals surface area (Å²) in [5.74, 6) is 0.980. The number of aryl methyl sites for hydroxylation is 1. The topological polar surface area (TPSA) is 113 Å². The van der Waals surface area contributed by atoms with Crippen molar-refractivity contribution in [1.29, 1.82) is 0 Å². The average molecular weight is 514 g/mol. The fraction of sp³-hybridized carbons (Fsp3) is 0.185. The number of carbonyl (C=O) groups excluding carboxylic acids is 3. The van der Waals surface area contributed by atoms with Crippen molar-refractivity contribution in [2.45, 2.75) is 25.8 Å². The number of ether oxygens (including phenoxy) is 1. The molecule has 2 aliphatic heterocycles. The van der Waals surface area contributed by atoms with Crippen molar-refractivity contribution in [2.24, 2.45) is 0 Å². The number of amides is 4. The van der Waals surface area contributed by atoms with Crippen molar-refractivity contribution >= 4 is 56.5 Å². The van der Waals surface area contributed by atoms with Crippen LogP contribution >= 0.6 is 11.3 Å². The van der Waals surface area contributed by atoms with Crippen LogP contribution < -0.4 is 25.6 Å². The first-order chi connectivity index (χ1) is 18.0. The molecule has 6 rings (SSSR count). The van der Waals surface area contributed by atoms with Crippen LogP contribution in [-0.4, -0.2) is 35.4 Å². The third-order valence-corrected chi connectivity index (χ3v) is 7.52. The number of carbonyl (C=O) groups is 3. The molecule has 2 aromatic heterocycles. The highest BCUT2D eigenvalue weighted by molar-refractivity contribution is 7.21. The number of anilines is 3. The van der Waals surface area contributed by atoms with Crippen molar-refractivity contribution in [3.8, 4) is 11.5 Å². The molecule has 10 heteroatoms. The van der Waals surface area contributed by atoms with E-state index < -0.39 is 0 Å². The summed E-state index contributed by atoms with van der Waals surface area (Å²) in [6, 6.07) is 16.2. The summed E-state index contributed by atoms with van der Waals surface area (Å²) < 4.78 is 5.94. The molecule has 0 radical (unpaired) electrons. The van der Waals surface area contributed by atoms with Gasteiger partial charge in [0.05, 0.1) is 22.4 Å². The maximum atomic E-state index is 13.4. The Labute approximate surface area is 216 Å². The predicted molar refractivity (Wildman–Crippen MR) is 142 cm³/mol. The van der Waals surface area contributed by atoms with E-state index in [-0.39, 0.29) is 30.3 Å². The lowest BCUT2D eigenvalue weighted by Crippen LogP contribution is -2.45. The molecule has 1 unspecified atom stereocenters. The maximum Gasteiger partial charge on any atom is 0.331 e. The van der Waals surface area contributed by atoms with E-state index in [1.807, 2.05) is 55.5 Å². The minimum atomic E-state index is -0.371. The number of benzene rings is 2. The molecule has 4 amide bonds. The van der Waals surface area contributed by atoms with Gasteiger partial charge in [0, 0.05) is 25.2 Å². The van der Waals surface area contributed by atoms with Gasteiger partial charge in [0.25, 0.3) is 5.91 Å². The Morgan fingerprint density at radius 1 is 1.11 bits per heavy atom. The van der Waals surface area contributed by atoms with Gasteiger partial charge in [-0.3, -0.25) is 14.5 Å². The van der Waals surface area contributed by atoms with Crippen LogP contribution in [0.2, 0.25) is 0 Å². The third kappa shape index (κ3) is 4.25. The first kappa shape index (κ1) is 23.0. The van der Waals surface area contributed by atoms with E-state index in [1.165, 1.54) is 11.3 Å². The number of urea groups is 1. The van der Waals surface area contributed by atoms with E-state index in [4.69, 9.17) is 4.74 Å². The lowest BCUT2D eigenvalue weighted by Gasteiger charge is -2.29. The second kappa shape index (κ2) is 9.21. The predicted octanol–water partition coefficient (Wildman–Crippen LogP) is 5.09. The number of pyridine rings is 1. The highest BCUT2D eigenvalue weighted by atomic mass is 32.1. The molecule has 1 fully saturated rings. The Morgan fingerprint density at radius 2 is 1.95 bits per heavy atom. The standard InChI is InChI=1S/C27H23N5O4S/c1-15-13-18(36-17-5-3-2-4-6-17)7-8-19(15)32-20-10-12-29-26-22(20)23(31-27(32)35)24(37-26)25(34)30-16-9-11-28-21(33)14-16/h2-8,10,12-13,16H,9,11,14H2,1H3,(H,28,33)(H,30,34)(H,31,35). The zero-order chi connectivity index (χ0) is 25.5. The van der Waals surface area contributed by atoms with E-state index in [9.17, 15) is 14.4 Å². The van der Waals surface area contributed by atoms with Crippen LogP contribution in [0.3, 0.4) is 0 Å². The van der Waals surface area contributed by atoms with Crippen LogP contribution in [0.4, 0.5) is 21.9 Å². The van der Waals surface area contributed by atoms with Crippen LogP contribution in [0.1, 0.15) is 28.1 Å². The van der Waals surface area contributed by atoms with Gasteiger partial charge >= 0.3 is 6.03 Å². The largest absolute Gasteiger partial charge is 0.457 e. The molecule has 37 heavy (non-hydrogen) atoms. The summed E-state index contributed by atoms with van der Waals surface area (Å²) in [6.45, 7) is 2.44. The zero-order valence-corrected chi connectivity index (χ0v) is 20.7. The maximum absolute atomic E-state index is 13.4. The SMILES string of the molecule is Cc1cc(Oc2ccccc2)ccc1N1C(=O)Nc2c(C(=O)NC3CCNC(=O)C3)sc3nccc1c23. The molecule has 186 valence electrons. The summed E-state index contributed by atoms with van der Waals surface area (Å²) in [7, 11) is 0. The molecule has 1 saturated heterocycles. The number of thiophene rings is 1. The van der Waals surface area contributed by atoms with E-state index >= 15 is 0 Å². The van der Waals surface area contributed by atoms with Gasteiger partial charge in [-0.25, -0.2) is 9.78 Å².